The van der Waals surface area contributed by atoms with E-state index in [1.165, 1.54) is 0 Å². The average Bonchev–Trinajstić information content (AvgIpc) is 1.91. The summed E-state index contributed by atoms with van der Waals surface area (Å²) in [5, 5.41) is 8.50. The van der Waals surface area contributed by atoms with Crippen molar-refractivity contribution < 1.29 is 14.6 Å². The summed E-state index contributed by atoms with van der Waals surface area (Å²) in [6, 6.07) is 0. The molecule has 3 heteroatoms. The molecule has 0 fully saturated rings. The summed E-state index contributed by atoms with van der Waals surface area (Å²) in [6.45, 7) is 4.79. The van der Waals surface area contributed by atoms with Crippen LogP contribution in [0.2, 0.25) is 0 Å². The van der Waals surface area contributed by atoms with Crippen molar-refractivity contribution in [2.24, 2.45) is 5.92 Å². The SMILES string of the molecule is CCOC(=O)C([CH]O)CC. The predicted molar refractivity (Wildman–Crippen MR) is 36.6 cm³/mol. The first-order valence-corrected chi connectivity index (χ1v) is 3.40. The number of aliphatic hydroxyl groups is 1. The molecule has 59 valence electrons. The van der Waals surface area contributed by atoms with Gasteiger partial charge in [0.25, 0.3) is 0 Å². The van der Waals surface area contributed by atoms with Crippen LogP contribution in [-0.4, -0.2) is 17.7 Å². The van der Waals surface area contributed by atoms with Crippen LogP contribution in [0.4, 0.5) is 0 Å². The van der Waals surface area contributed by atoms with Crippen LogP contribution in [0.1, 0.15) is 20.3 Å². The van der Waals surface area contributed by atoms with Gasteiger partial charge in [-0.05, 0) is 13.3 Å². The number of hydrogen-bond donors (Lipinski definition) is 1. The van der Waals surface area contributed by atoms with Crippen LogP contribution in [0.3, 0.4) is 0 Å². The Morgan fingerprint density at radius 3 is 2.60 bits per heavy atom. The summed E-state index contributed by atoms with van der Waals surface area (Å²) >= 11 is 0. The fourth-order valence-corrected chi connectivity index (χ4v) is 0.582. The van der Waals surface area contributed by atoms with Crippen LogP contribution in [0, 0.1) is 12.5 Å². The molecule has 0 aromatic heterocycles. The van der Waals surface area contributed by atoms with E-state index >= 15 is 0 Å². The predicted octanol–water partition coefficient (Wildman–Crippen LogP) is 1.11. The van der Waals surface area contributed by atoms with E-state index in [-0.39, 0.29) is 5.97 Å². The van der Waals surface area contributed by atoms with Gasteiger partial charge in [0.05, 0.1) is 19.1 Å². The molecular weight excluding hydrogens is 132 g/mol. The molecule has 0 aromatic rings. The summed E-state index contributed by atoms with van der Waals surface area (Å²) in [5.41, 5.74) is 0. The van der Waals surface area contributed by atoms with Crippen molar-refractivity contribution in [3.63, 3.8) is 0 Å². The molecule has 1 radical (unpaired) electrons. The van der Waals surface area contributed by atoms with Gasteiger partial charge in [-0.25, -0.2) is 0 Å². The highest BCUT2D eigenvalue weighted by atomic mass is 16.5. The number of aliphatic hydroxyl groups excluding tert-OH is 1. The molecule has 0 heterocycles. The zero-order chi connectivity index (χ0) is 7.98. The quantitative estimate of drug-likeness (QED) is 0.603. The summed E-state index contributed by atoms with van der Waals surface area (Å²) in [7, 11) is 0. The second kappa shape index (κ2) is 5.23. The fraction of sp³-hybridized carbons (Fsp3) is 0.714. The van der Waals surface area contributed by atoms with Gasteiger partial charge < -0.3 is 9.84 Å². The second-order valence-electron chi connectivity index (χ2n) is 1.92. The molecule has 0 aliphatic carbocycles. The van der Waals surface area contributed by atoms with E-state index < -0.39 is 5.92 Å². The topological polar surface area (TPSA) is 46.5 Å². The third kappa shape index (κ3) is 2.82. The summed E-state index contributed by atoms with van der Waals surface area (Å²) in [6.07, 6.45) is 0.579. The van der Waals surface area contributed by atoms with E-state index in [1.807, 2.05) is 6.92 Å². The van der Waals surface area contributed by atoms with Crippen molar-refractivity contribution in [1.82, 2.24) is 0 Å². The maximum atomic E-state index is 10.8. The standard InChI is InChI=1S/C7H13O3/c1-3-6(5-8)7(9)10-4-2/h5-6,8H,3-4H2,1-2H3. The van der Waals surface area contributed by atoms with Crippen molar-refractivity contribution in [1.29, 1.82) is 0 Å². The largest absolute Gasteiger partial charge is 0.466 e. The number of rotatable bonds is 4. The second-order valence-corrected chi connectivity index (χ2v) is 1.92. The van der Waals surface area contributed by atoms with Crippen molar-refractivity contribution in [2.75, 3.05) is 6.61 Å². The van der Waals surface area contributed by atoms with Crippen LogP contribution in [-0.2, 0) is 9.53 Å². The normalized spacial score (nSPS) is 12.7. The number of ether oxygens (including phenoxy) is 1. The van der Waals surface area contributed by atoms with Gasteiger partial charge in [0.15, 0.2) is 0 Å². The van der Waals surface area contributed by atoms with E-state index in [9.17, 15) is 4.79 Å². The molecule has 0 saturated carbocycles. The first kappa shape index (κ1) is 9.43. The van der Waals surface area contributed by atoms with E-state index in [4.69, 9.17) is 5.11 Å². The first-order valence-electron chi connectivity index (χ1n) is 3.40. The van der Waals surface area contributed by atoms with Crippen molar-refractivity contribution in [3.05, 3.63) is 6.61 Å². The Morgan fingerprint density at radius 2 is 2.30 bits per heavy atom. The van der Waals surface area contributed by atoms with Crippen LogP contribution in [0.5, 0.6) is 0 Å². The van der Waals surface area contributed by atoms with Crippen LogP contribution < -0.4 is 0 Å². The molecule has 1 atom stereocenters. The Hall–Kier alpha value is -0.570. The summed E-state index contributed by atoms with van der Waals surface area (Å²) in [4.78, 5) is 10.8. The Kier molecular flexibility index (Phi) is 4.94. The van der Waals surface area contributed by atoms with E-state index in [0.717, 1.165) is 6.61 Å². The molecule has 0 bridgehead atoms. The average molecular weight is 145 g/mol. The lowest BCUT2D eigenvalue weighted by Crippen LogP contribution is -2.17. The lowest BCUT2D eigenvalue weighted by molar-refractivity contribution is -0.147. The molecule has 1 N–H and O–H groups in total. The Balaban J connectivity index is 3.65. The lowest BCUT2D eigenvalue weighted by atomic mass is 10.1. The highest BCUT2D eigenvalue weighted by molar-refractivity contribution is 5.73. The van der Waals surface area contributed by atoms with Gasteiger partial charge in [0.2, 0.25) is 0 Å². The highest BCUT2D eigenvalue weighted by Crippen LogP contribution is 2.06. The van der Waals surface area contributed by atoms with Gasteiger partial charge in [0, 0.05) is 0 Å². The third-order valence-corrected chi connectivity index (χ3v) is 1.21. The molecule has 0 saturated heterocycles. The maximum absolute atomic E-state index is 10.8. The summed E-state index contributed by atoms with van der Waals surface area (Å²) in [5.74, 6) is -0.813. The molecule has 0 rings (SSSR count). The number of esters is 1. The van der Waals surface area contributed by atoms with Gasteiger partial charge in [-0.1, -0.05) is 6.92 Å². The van der Waals surface area contributed by atoms with Crippen molar-refractivity contribution >= 4 is 5.97 Å². The number of carbonyl (C=O) groups excluding carboxylic acids is 1. The zero-order valence-corrected chi connectivity index (χ0v) is 6.33. The molecular formula is C7H13O3. The minimum atomic E-state index is -0.458. The minimum Gasteiger partial charge on any atom is -0.466 e. The van der Waals surface area contributed by atoms with Crippen LogP contribution in [0.15, 0.2) is 0 Å². The molecule has 0 aromatic carbocycles. The van der Waals surface area contributed by atoms with Gasteiger partial charge in [-0.15, -0.1) is 0 Å². The van der Waals surface area contributed by atoms with E-state index in [2.05, 4.69) is 4.74 Å². The van der Waals surface area contributed by atoms with Gasteiger partial charge in [-0.3, -0.25) is 4.79 Å². The summed E-state index contributed by atoms with van der Waals surface area (Å²) < 4.78 is 4.66. The highest BCUT2D eigenvalue weighted by Gasteiger charge is 2.15. The first-order chi connectivity index (χ1) is 4.76. The Bertz CT molecular complexity index is 97.0. The minimum absolute atomic E-state index is 0.354. The van der Waals surface area contributed by atoms with Gasteiger partial charge in [0.1, 0.15) is 0 Å². The molecule has 0 amide bonds. The fourth-order valence-electron chi connectivity index (χ4n) is 0.582. The van der Waals surface area contributed by atoms with Crippen molar-refractivity contribution in [2.45, 2.75) is 20.3 Å². The van der Waals surface area contributed by atoms with E-state index in [0.29, 0.717) is 13.0 Å². The molecule has 3 nitrogen and oxygen atoms in total. The molecule has 0 aliphatic rings. The van der Waals surface area contributed by atoms with Crippen LogP contribution in [0.25, 0.3) is 0 Å². The number of carbonyl (C=O) groups is 1. The third-order valence-electron chi connectivity index (χ3n) is 1.21. The Labute approximate surface area is 61.0 Å². The zero-order valence-electron chi connectivity index (χ0n) is 6.33. The maximum Gasteiger partial charge on any atom is 0.311 e. The lowest BCUT2D eigenvalue weighted by Gasteiger charge is -2.08. The van der Waals surface area contributed by atoms with Crippen molar-refractivity contribution in [3.8, 4) is 0 Å². The van der Waals surface area contributed by atoms with Gasteiger partial charge >= 0.3 is 5.97 Å². The number of hydrogen-bond acceptors (Lipinski definition) is 3. The molecule has 0 spiro atoms. The monoisotopic (exact) mass is 145 g/mol. The van der Waals surface area contributed by atoms with E-state index in [1.54, 1.807) is 6.92 Å². The van der Waals surface area contributed by atoms with Crippen LogP contribution >= 0.6 is 0 Å². The molecule has 1 unspecified atom stereocenters. The smallest absolute Gasteiger partial charge is 0.311 e. The Morgan fingerprint density at radius 1 is 1.70 bits per heavy atom. The molecule has 0 aliphatic heterocycles. The molecule has 10 heavy (non-hydrogen) atoms. The van der Waals surface area contributed by atoms with Gasteiger partial charge in [-0.2, -0.15) is 0 Å².